The van der Waals surface area contributed by atoms with E-state index in [4.69, 9.17) is 0 Å². The van der Waals surface area contributed by atoms with Crippen molar-refractivity contribution in [2.24, 2.45) is 5.92 Å². The van der Waals surface area contributed by atoms with Gasteiger partial charge in [0.25, 0.3) is 0 Å². The second-order valence-electron chi connectivity index (χ2n) is 6.10. The zero-order valence-electron chi connectivity index (χ0n) is 12.1. The zero-order valence-corrected chi connectivity index (χ0v) is 13.0. The van der Waals surface area contributed by atoms with Crippen LogP contribution in [0.5, 0.6) is 0 Å². The molecule has 0 bridgehead atoms. The molecule has 1 fully saturated rings. The topological polar surface area (TPSA) is 32.3 Å². The molecule has 1 unspecified atom stereocenters. The van der Waals surface area contributed by atoms with Crippen molar-refractivity contribution in [1.29, 1.82) is 0 Å². The number of aliphatic hydroxyl groups is 1. The van der Waals surface area contributed by atoms with Crippen LogP contribution in [0.4, 0.5) is 0 Å². The van der Waals surface area contributed by atoms with E-state index in [1.165, 1.54) is 23.3 Å². The quantitative estimate of drug-likeness (QED) is 0.750. The van der Waals surface area contributed by atoms with Crippen LogP contribution in [-0.2, 0) is 6.54 Å². The fourth-order valence-corrected chi connectivity index (χ4v) is 2.77. The maximum absolute atomic E-state index is 10.2. The van der Waals surface area contributed by atoms with E-state index in [1.54, 1.807) is 11.8 Å². The first-order valence-electron chi connectivity index (χ1n) is 7.15. The third-order valence-corrected chi connectivity index (χ3v) is 5.20. The molecule has 1 atom stereocenters. The number of hydrogen-bond acceptors (Lipinski definition) is 3. The van der Waals surface area contributed by atoms with E-state index in [9.17, 15) is 5.11 Å². The zero-order chi connectivity index (χ0) is 13.9. The van der Waals surface area contributed by atoms with Crippen LogP contribution >= 0.6 is 11.8 Å². The maximum Gasteiger partial charge on any atom is 0.0736 e. The Hall–Kier alpha value is -0.510. The van der Waals surface area contributed by atoms with Crippen LogP contribution in [0.25, 0.3) is 0 Å². The Morgan fingerprint density at radius 3 is 2.47 bits per heavy atom. The standard InChI is InChI=1S/C16H25NOS/c1-12(2)16(3,18)11-19-15-8-4-13(5-9-15)10-17-14-6-7-14/h4-5,8-9,12,14,17-18H,6-7,10-11H2,1-3H3. The molecular weight excluding hydrogens is 254 g/mol. The van der Waals surface area contributed by atoms with Gasteiger partial charge in [0, 0.05) is 23.2 Å². The number of benzene rings is 1. The maximum atomic E-state index is 10.2. The normalized spacial score (nSPS) is 18.6. The number of nitrogens with one attached hydrogen (secondary N) is 1. The summed E-state index contributed by atoms with van der Waals surface area (Å²) in [5.74, 6) is 1.02. The molecule has 0 aliphatic heterocycles. The van der Waals surface area contributed by atoms with Gasteiger partial charge < -0.3 is 10.4 Å². The van der Waals surface area contributed by atoms with Gasteiger partial charge in [-0.15, -0.1) is 11.8 Å². The van der Waals surface area contributed by atoms with E-state index in [1.807, 2.05) is 6.92 Å². The molecule has 1 saturated carbocycles. The number of hydrogen-bond donors (Lipinski definition) is 2. The first-order valence-corrected chi connectivity index (χ1v) is 8.13. The van der Waals surface area contributed by atoms with Gasteiger partial charge in [-0.3, -0.25) is 0 Å². The van der Waals surface area contributed by atoms with Gasteiger partial charge in [-0.05, 0) is 43.4 Å². The van der Waals surface area contributed by atoms with Crippen LogP contribution < -0.4 is 5.32 Å². The third-order valence-electron chi connectivity index (χ3n) is 3.87. The molecule has 106 valence electrons. The second kappa shape index (κ2) is 6.29. The van der Waals surface area contributed by atoms with Crippen LogP contribution in [0.15, 0.2) is 29.2 Å². The highest BCUT2D eigenvalue weighted by Crippen LogP contribution is 2.27. The number of rotatable bonds is 7. The predicted octanol–water partition coefficient (Wildman–Crippen LogP) is 3.44. The van der Waals surface area contributed by atoms with E-state index >= 15 is 0 Å². The summed E-state index contributed by atoms with van der Waals surface area (Å²) < 4.78 is 0. The molecule has 1 aliphatic carbocycles. The Morgan fingerprint density at radius 1 is 1.32 bits per heavy atom. The molecule has 1 aromatic carbocycles. The minimum absolute atomic E-state index is 0.280. The largest absolute Gasteiger partial charge is 0.389 e. The molecule has 1 aliphatic rings. The molecule has 2 rings (SSSR count). The smallest absolute Gasteiger partial charge is 0.0736 e. The molecule has 0 saturated heterocycles. The molecule has 2 N–H and O–H groups in total. The molecular formula is C16H25NOS. The van der Waals surface area contributed by atoms with Crippen molar-refractivity contribution in [3.05, 3.63) is 29.8 Å². The van der Waals surface area contributed by atoms with E-state index in [0.717, 1.165) is 18.3 Å². The Kier molecular flexibility index (Phi) is 4.93. The van der Waals surface area contributed by atoms with Gasteiger partial charge in [-0.1, -0.05) is 26.0 Å². The summed E-state index contributed by atoms with van der Waals surface area (Å²) in [4.78, 5) is 1.23. The molecule has 19 heavy (non-hydrogen) atoms. The van der Waals surface area contributed by atoms with Crippen molar-refractivity contribution in [3.63, 3.8) is 0 Å². The van der Waals surface area contributed by atoms with Crippen molar-refractivity contribution in [2.75, 3.05) is 5.75 Å². The van der Waals surface area contributed by atoms with E-state index in [0.29, 0.717) is 0 Å². The molecule has 2 nitrogen and oxygen atoms in total. The van der Waals surface area contributed by atoms with E-state index < -0.39 is 5.60 Å². The minimum Gasteiger partial charge on any atom is -0.389 e. The highest BCUT2D eigenvalue weighted by atomic mass is 32.2. The first kappa shape index (κ1) is 14.9. The summed E-state index contributed by atoms with van der Waals surface area (Å²) in [7, 11) is 0. The predicted molar refractivity (Wildman–Crippen MR) is 82.5 cm³/mol. The van der Waals surface area contributed by atoms with Gasteiger partial charge in [0.05, 0.1) is 5.60 Å². The Morgan fingerprint density at radius 2 is 1.95 bits per heavy atom. The molecule has 0 radical (unpaired) electrons. The van der Waals surface area contributed by atoms with Crippen molar-refractivity contribution in [3.8, 4) is 0 Å². The number of thioether (sulfide) groups is 1. The Balaban J connectivity index is 1.80. The Bertz CT molecular complexity index is 396. The van der Waals surface area contributed by atoms with Gasteiger partial charge in [0.2, 0.25) is 0 Å². The van der Waals surface area contributed by atoms with Crippen LogP contribution in [0, 0.1) is 5.92 Å². The van der Waals surface area contributed by atoms with Crippen LogP contribution in [0.2, 0.25) is 0 Å². The lowest BCUT2D eigenvalue weighted by Gasteiger charge is -2.27. The lowest BCUT2D eigenvalue weighted by atomic mass is 9.95. The Labute approximate surface area is 121 Å². The molecule has 0 spiro atoms. The molecule has 0 heterocycles. The van der Waals surface area contributed by atoms with Crippen molar-refractivity contribution >= 4 is 11.8 Å². The van der Waals surface area contributed by atoms with Crippen LogP contribution in [0.1, 0.15) is 39.2 Å². The van der Waals surface area contributed by atoms with Crippen molar-refractivity contribution in [2.45, 2.75) is 56.7 Å². The fraction of sp³-hybridized carbons (Fsp3) is 0.625. The van der Waals surface area contributed by atoms with Crippen molar-refractivity contribution < 1.29 is 5.11 Å². The van der Waals surface area contributed by atoms with E-state index in [2.05, 4.69) is 43.4 Å². The average molecular weight is 279 g/mol. The molecule has 0 aromatic heterocycles. The lowest BCUT2D eigenvalue weighted by molar-refractivity contribution is 0.0376. The summed E-state index contributed by atoms with van der Waals surface area (Å²) in [6.45, 7) is 7.01. The van der Waals surface area contributed by atoms with Gasteiger partial charge in [-0.2, -0.15) is 0 Å². The third kappa shape index (κ3) is 4.83. The summed E-state index contributed by atoms with van der Waals surface area (Å²) in [6.07, 6.45) is 2.66. The van der Waals surface area contributed by atoms with Crippen molar-refractivity contribution in [1.82, 2.24) is 5.32 Å². The van der Waals surface area contributed by atoms with Gasteiger partial charge >= 0.3 is 0 Å². The SMILES string of the molecule is CC(C)C(C)(O)CSc1ccc(CNC2CC2)cc1. The van der Waals surface area contributed by atoms with Gasteiger partial charge in [0.1, 0.15) is 0 Å². The summed E-state index contributed by atoms with van der Waals surface area (Å²) >= 11 is 1.73. The first-order chi connectivity index (χ1) is 8.97. The summed E-state index contributed by atoms with van der Waals surface area (Å²) in [6, 6.07) is 9.44. The molecule has 1 aromatic rings. The van der Waals surface area contributed by atoms with Gasteiger partial charge in [0.15, 0.2) is 0 Å². The van der Waals surface area contributed by atoms with Gasteiger partial charge in [-0.25, -0.2) is 0 Å². The lowest BCUT2D eigenvalue weighted by Crippen LogP contribution is -2.33. The average Bonchev–Trinajstić information content (AvgIpc) is 3.19. The molecule has 0 amide bonds. The highest BCUT2D eigenvalue weighted by molar-refractivity contribution is 7.99. The van der Waals surface area contributed by atoms with E-state index in [-0.39, 0.29) is 5.92 Å². The summed E-state index contributed by atoms with van der Waals surface area (Å²) in [5.41, 5.74) is 0.739. The second-order valence-corrected chi connectivity index (χ2v) is 7.15. The van der Waals surface area contributed by atoms with Crippen LogP contribution in [0.3, 0.4) is 0 Å². The molecule has 3 heteroatoms. The monoisotopic (exact) mass is 279 g/mol. The minimum atomic E-state index is -0.600. The highest BCUT2D eigenvalue weighted by Gasteiger charge is 2.24. The fourth-order valence-electron chi connectivity index (χ4n) is 1.65. The van der Waals surface area contributed by atoms with Crippen LogP contribution in [-0.4, -0.2) is 22.5 Å². The summed E-state index contributed by atoms with van der Waals surface area (Å²) in [5, 5.41) is 13.7.